The summed E-state index contributed by atoms with van der Waals surface area (Å²) in [6.45, 7) is 2.84. The van der Waals surface area contributed by atoms with E-state index >= 15 is 0 Å². The second-order valence-electron chi connectivity index (χ2n) is 5.09. The maximum absolute atomic E-state index is 4.67. The first-order valence-corrected chi connectivity index (χ1v) is 7.60. The average molecular weight is 305 g/mol. The molecule has 1 aromatic heterocycles. The van der Waals surface area contributed by atoms with Crippen LogP contribution in [0.5, 0.6) is 0 Å². The van der Waals surface area contributed by atoms with Crippen LogP contribution >= 0.6 is 0 Å². The highest BCUT2D eigenvalue weighted by Gasteiger charge is 2.13. The van der Waals surface area contributed by atoms with Gasteiger partial charge < -0.3 is 9.80 Å². The lowest BCUT2D eigenvalue weighted by molar-refractivity contribution is 0.876. The number of anilines is 4. The SMILES string of the molecule is CCN(c1ccccc1)c1nncc(N(C)c2ccccc2)n1. The van der Waals surface area contributed by atoms with E-state index in [4.69, 9.17) is 0 Å². The van der Waals surface area contributed by atoms with Gasteiger partial charge in [-0.25, -0.2) is 0 Å². The fourth-order valence-corrected chi connectivity index (χ4v) is 2.39. The smallest absolute Gasteiger partial charge is 0.251 e. The molecule has 0 aliphatic carbocycles. The number of aromatic nitrogens is 3. The van der Waals surface area contributed by atoms with Gasteiger partial charge in [-0.2, -0.15) is 10.1 Å². The van der Waals surface area contributed by atoms with Crippen molar-refractivity contribution in [2.75, 3.05) is 23.4 Å². The molecule has 0 N–H and O–H groups in total. The summed E-state index contributed by atoms with van der Waals surface area (Å²) >= 11 is 0. The second kappa shape index (κ2) is 6.87. The van der Waals surface area contributed by atoms with E-state index in [-0.39, 0.29) is 0 Å². The van der Waals surface area contributed by atoms with E-state index in [1.807, 2.05) is 77.5 Å². The van der Waals surface area contributed by atoms with Crippen molar-refractivity contribution >= 4 is 23.1 Å². The fraction of sp³-hybridized carbons (Fsp3) is 0.167. The van der Waals surface area contributed by atoms with Gasteiger partial charge in [0.1, 0.15) is 0 Å². The molecule has 0 fully saturated rings. The molecule has 116 valence electrons. The summed E-state index contributed by atoms with van der Waals surface area (Å²) in [7, 11) is 1.97. The minimum Gasteiger partial charge on any atom is -0.328 e. The summed E-state index contributed by atoms with van der Waals surface area (Å²) in [5, 5.41) is 8.33. The molecule has 0 amide bonds. The van der Waals surface area contributed by atoms with Gasteiger partial charge in [-0.05, 0) is 31.2 Å². The van der Waals surface area contributed by atoms with Gasteiger partial charge in [0.25, 0.3) is 5.95 Å². The van der Waals surface area contributed by atoms with Gasteiger partial charge in [0.05, 0.1) is 6.20 Å². The van der Waals surface area contributed by atoms with Gasteiger partial charge in [-0.15, -0.1) is 5.10 Å². The summed E-state index contributed by atoms with van der Waals surface area (Å²) < 4.78 is 0. The van der Waals surface area contributed by atoms with Crippen LogP contribution in [0.25, 0.3) is 0 Å². The van der Waals surface area contributed by atoms with Crippen LogP contribution in [0.1, 0.15) is 6.92 Å². The number of para-hydroxylation sites is 2. The quantitative estimate of drug-likeness (QED) is 0.717. The van der Waals surface area contributed by atoms with E-state index < -0.39 is 0 Å². The van der Waals surface area contributed by atoms with Gasteiger partial charge in [0.2, 0.25) is 0 Å². The molecular weight excluding hydrogens is 286 g/mol. The van der Waals surface area contributed by atoms with E-state index in [1.165, 1.54) is 0 Å². The monoisotopic (exact) mass is 305 g/mol. The van der Waals surface area contributed by atoms with E-state index in [0.717, 1.165) is 23.7 Å². The van der Waals surface area contributed by atoms with Crippen molar-refractivity contribution < 1.29 is 0 Å². The largest absolute Gasteiger partial charge is 0.328 e. The van der Waals surface area contributed by atoms with Gasteiger partial charge in [0.15, 0.2) is 5.82 Å². The molecule has 0 saturated heterocycles. The number of nitrogens with zero attached hydrogens (tertiary/aromatic N) is 5. The van der Waals surface area contributed by atoms with Crippen molar-refractivity contribution in [2.45, 2.75) is 6.92 Å². The first-order valence-electron chi connectivity index (χ1n) is 7.60. The van der Waals surface area contributed by atoms with Crippen LogP contribution in [0.3, 0.4) is 0 Å². The lowest BCUT2D eigenvalue weighted by Crippen LogP contribution is -2.21. The van der Waals surface area contributed by atoms with Crippen molar-refractivity contribution in [3.05, 3.63) is 66.9 Å². The molecule has 0 atom stereocenters. The van der Waals surface area contributed by atoms with E-state index in [2.05, 4.69) is 22.1 Å². The van der Waals surface area contributed by atoms with Crippen LogP contribution < -0.4 is 9.80 Å². The Balaban J connectivity index is 1.93. The van der Waals surface area contributed by atoms with Gasteiger partial charge >= 0.3 is 0 Å². The third kappa shape index (κ3) is 3.29. The minimum atomic E-state index is 0.596. The Labute approximate surface area is 136 Å². The molecule has 2 aromatic carbocycles. The Hall–Kier alpha value is -2.95. The molecule has 0 aliphatic heterocycles. The highest BCUT2D eigenvalue weighted by Crippen LogP contribution is 2.25. The molecule has 3 aromatic rings. The van der Waals surface area contributed by atoms with Crippen LogP contribution in [0.4, 0.5) is 23.1 Å². The first-order chi connectivity index (χ1) is 11.3. The summed E-state index contributed by atoms with van der Waals surface area (Å²) in [6.07, 6.45) is 1.68. The molecule has 0 spiro atoms. The molecule has 0 saturated carbocycles. The van der Waals surface area contributed by atoms with Crippen LogP contribution in [0.2, 0.25) is 0 Å². The third-order valence-corrected chi connectivity index (χ3v) is 3.65. The van der Waals surface area contributed by atoms with Crippen LogP contribution in [0.15, 0.2) is 66.9 Å². The normalized spacial score (nSPS) is 10.3. The maximum Gasteiger partial charge on any atom is 0.251 e. The minimum absolute atomic E-state index is 0.596. The molecule has 1 heterocycles. The Morgan fingerprint density at radius 3 is 2.09 bits per heavy atom. The Bertz CT molecular complexity index is 746. The fourth-order valence-electron chi connectivity index (χ4n) is 2.39. The predicted molar refractivity (Wildman–Crippen MR) is 93.5 cm³/mol. The zero-order chi connectivity index (χ0) is 16.1. The zero-order valence-corrected chi connectivity index (χ0v) is 13.3. The van der Waals surface area contributed by atoms with Crippen molar-refractivity contribution in [3.63, 3.8) is 0 Å². The Morgan fingerprint density at radius 2 is 1.48 bits per heavy atom. The third-order valence-electron chi connectivity index (χ3n) is 3.65. The second-order valence-corrected chi connectivity index (χ2v) is 5.09. The number of benzene rings is 2. The molecule has 5 heteroatoms. The van der Waals surface area contributed by atoms with Gasteiger partial charge in [0, 0.05) is 25.0 Å². The maximum atomic E-state index is 4.67. The molecule has 23 heavy (non-hydrogen) atoms. The Morgan fingerprint density at radius 1 is 0.870 bits per heavy atom. The Kier molecular flexibility index (Phi) is 4.47. The first kappa shape index (κ1) is 15.0. The number of rotatable bonds is 5. The van der Waals surface area contributed by atoms with Crippen molar-refractivity contribution in [1.29, 1.82) is 0 Å². The molecule has 0 radical (unpaired) electrons. The summed E-state index contributed by atoms with van der Waals surface area (Å²) in [4.78, 5) is 8.71. The van der Waals surface area contributed by atoms with Crippen molar-refractivity contribution in [3.8, 4) is 0 Å². The molecule has 0 aliphatic rings. The standard InChI is InChI=1S/C18H19N5/c1-3-23(16-12-8-5-9-13-16)18-20-17(14-19-21-18)22(2)15-10-6-4-7-11-15/h4-14H,3H2,1-2H3. The van der Waals surface area contributed by atoms with E-state index in [9.17, 15) is 0 Å². The zero-order valence-electron chi connectivity index (χ0n) is 13.3. The van der Waals surface area contributed by atoms with Crippen molar-refractivity contribution in [1.82, 2.24) is 15.2 Å². The lowest BCUT2D eigenvalue weighted by Gasteiger charge is -2.23. The van der Waals surface area contributed by atoms with Crippen LogP contribution in [-0.4, -0.2) is 28.8 Å². The summed E-state index contributed by atoms with van der Waals surface area (Å²) in [5.41, 5.74) is 2.11. The van der Waals surface area contributed by atoms with Gasteiger partial charge in [-0.1, -0.05) is 36.4 Å². The summed E-state index contributed by atoms with van der Waals surface area (Å²) in [6, 6.07) is 20.2. The molecular formula is C18H19N5. The number of hydrogen-bond donors (Lipinski definition) is 0. The predicted octanol–water partition coefficient (Wildman–Crippen LogP) is 3.80. The lowest BCUT2D eigenvalue weighted by atomic mass is 10.3. The molecule has 3 rings (SSSR count). The van der Waals surface area contributed by atoms with Crippen LogP contribution in [-0.2, 0) is 0 Å². The summed E-state index contributed by atoms with van der Waals surface area (Å²) in [5.74, 6) is 1.36. The highest BCUT2D eigenvalue weighted by atomic mass is 15.3. The van der Waals surface area contributed by atoms with Gasteiger partial charge in [-0.3, -0.25) is 0 Å². The topological polar surface area (TPSA) is 45.2 Å². The van der Waals surface area contributed by atoms with Crippen molar-refractivity contribution in [2.24, 2.45) is 0 Å². The highest BCUT2D eigenvalue weighted by molar-refractivity contribution is 5.61. The van der Waals surface area contributed by atoms with Crippen LogP contribution in [0, 0.1) is 0 Å². The average Bonchev–Trinajstić information content (AvgIpc) is 2.64. The van der Waals surface area contributed by atoms with E-state index in [0.29, 0.717) is 5.95 Å². The number of hydrogen-bond acceptors (Lipinski definition) is 5. The molecule has 0 bridgehead atoms. The molecule has 5 nitrogen and oxygen atoms in total. The molecule has 0 unspecified atom stereocenters. The van der Waals surface area contributed by atoms with E-state index in [1.54, 1.807) is 6.20 Å².